The Morgan fingerprint density at radius 3 is 2.63 bits per heavy atom. The molecule has 1 aromatic heterocycles. The highest BCUT2D eigenvalue weighted by atomic mass is 35.5. The van der Waals surface area contributed by atoms with E-state index in [1.54, 1.807) is 5.38 Å². The monoisotopic (exact) mass is 449 g/mol. The molecule has 6 nitrogen and oxygen atoms in total. The highest BCUT2D eigenvalue weighted by Gasteiger charge is 2.29. The second-order valence-electron chi connectivity index (χ2n) is 6.44. The van der Waals surface area contributed by atoms with E-state index in [9.17, 15) is 13.2 Å². The Labute approximate surface area is 173 Å². The number of nitrogens with zero attached hydrogens (tertiary/aromatic N) is 2. The van der Waals surface area contributed by atoms with Crippen LogP contribution < -0.4 is 5.32 Å². The van der Waals surface area contributed by atoms with Gasteiger partial charge in [-0.15, -0.1) is 11.3 Å². The second-order valence-corrected chi connectivity index (χ2v) is 10.0. The van der Waals surface area contributed by atoms with Crippen LogP contribution in [0, 0.1) is 12.8 Å². The number of sulfonamides is 1. The molecule has 0 spiro atoms. The van der Waals surface area contributed by atoms with Crippen molar-refractivity contribution in [1.82, 2.24) is 9.29 Å². The number of benzene rings is 1. The molecule has 0 aliphatic carbocycles. The SMILES string of the molecule is Cc1csc(NC(=O)CN(CCC(C)C)S(=O)(=O)c2cc(Cl)ccc2Cl)n1. The predicted molar refractivity (Wildman–Crippen MR) is 110 cm³/mol. The molecule has 0 fully saturated rings. The number of nitrogens with one attached hydrogen (secondary N) is 1. The lowest BCUT2D eigenvalue weighted by Gasteiger charge is -2.23. The van der Waals surface area contributed by atoms with Crippen molar-refractivity contribution in [1.29, 1.82) is 0 Å². The number of thiazole rings is 1. The van der Waals surface area contributed by atoms with Crippen molar-refractivity contribution < 1.29 is 13.2 Å². The van der Waals surface area contributed by atoms with E-state index in [-0.39, 0.29) is 33.9 Å². The first-order chi connectivity index (χ1) is 12.6. The van der Waals surface area contributed by atoms with Gasteiger partial charge in [0.25, 0.3) is 0 Å². The van der Waals surface area contributed by atoms with Crippen molar-refractivity contribution in [2.75, 3.05) is 18.4 Å². The molecular weight excluding hydrogens is 429 g/mol. The number of rotatable bonds is 8. The fourth-order valence-corrected chi connectivity index (χ4v) is 5.08. The maximum absolute atomic E-state index is 13.1. The van der Waals surface area contributed by atoms with Crippen molar-refractivity contribution in [3.05, 3.63) is 39.3 Å². The number of aromatic nitrogens is 1. The average Bonchev–Trinajstić information content (AvgIpc) is 2.98. The molecule has 0 saturated heterocycles. The summed E-state index contributed by atoms with van der Waals surface area (Å²) in [4.78, 5) is 16.4. The number of amides is 1. The van der Waals surface area contributed by atoms with Gasteiger partial charge < -0.3 is 5.32 Å². The summed E-state index contributed by atoms with van der Waals surface area (Å²) < 4.78 is 27.3. The number of anilines is 1. The predicted octanol–water partition coefficient (Wildman–Crippen LogP) is 4.43. The van der Waals surface area contributed by atoms with Crippen LogP contribution in [-0.4, -0.2) is 36.7 Å². The van der Waals surface area contributed by atoms with Gasteiger partial charge in [-0.3, -0.25) is 4.79 Å². The van der Waals surface area contributed by atoms with Gasteiger partial charge in [0.2, 0.25) is 15.9 Å². The third-order valence-corrected chi connectivity index (χ3v) is 7.09. The first-order valence-electron chi connectivity index (χ1n) is 8.26. The van der Waals surface area contributed by atoms with Crippen molar-refractivity contribution >= 4 is 55.6 Å². The Kier molecular flexibility index (Phi) is 7.64. The van der Waals surface area contributed by atoms with Gasteiger partial charge in [-0.1, -0.05) is 37.0 Å². The molecule has 0 saturated carbocycles. The Bertz CT molecular complexity index is 914. The van der Waals surface area contributed by atoms with Crippen LogP contribution in [0.4, 0.5) is 5.13 Å². The summed E-state index contributed by atoms with van der Waals surface area (Å²) in [6.07, 6.45) is 0.598. The molecule has 1 N–H and O–H groups in total. The molecule has 2 rings (SSSR count). The summed E-state index contributed by atoms with van der Waals surface area (Å²) >= 11 is 13.3. The average molecular weight is 450 g/mol. The van der Waals surface area contributed by atoms with E-state index in [0.717, 1.165) is 10.00 Å². The van der Waals surface area contributed by atoms with Crippen LogP contribution in [0.5, 0.6) is 0 Å². The first kappa shape index (κ1) is 22.1. The third-order valence-electron chi connectivity index (χ3n) is 3.65. The summed E-state index contributed by atoms with van der Waals surface area (Å²) in [6, 6.07) is 4.23. The molecule has 1 heterocycles. The Balaban J connectivity index is 2.26. The third kappa shape index (κ3) is 6.15. The van der Waals surface area contributed by atoms with Crippen LogP contribution in [-0.2, 0) is 14.8 Å². The van der Waals surface area contributed by atoms with Crippen LogP contribution in [0.1, 0.15) is 26.0 Å². The summed E-state index contributed by atoms with van der Waals surface area (Å²) in [5, 5.41) is 5.18. The fraction of sp³-hybridized carbons (Fsp3) is 0.412. The molecular formula is C17H21Cl2N3O3S2. The van der Waals surface area contributed by atoms with E-state index >= 15 is 0 Å². The number of halogens is 2. The minimum atomic E-state index is -3.99. The van der Waals surface area contributed by atoms with Crippen LogP contribution in [0.3, 0.4) is 0 Å². The zero-order chi connectivity index (χ0) is 20.2. The van der Waals surface area contributed by atoms with Crippen molar-refractivity contribution in [3.8, 4) is 0 Å². The van der Waals surface area contributed by atoms with Crippen LogP contribution >= 0.6 is 34.5 Å². The van der Waals surface area contributed by atoms with Gasteiger partial charge in [0.1, 0.15) is 4.90 Å². The minimum Gasteiger partial charge on any atom is -0.301 e. The van der Waals surface area contributed by atoms with Crippen molar-refractivity contribution in [2.45, 2.75) is 32.1 Å². The lowest BCUT2D eigenvalue weighted by atomic mass is 10.1. The van der Waals surface area contributed by atoms with Gasteiger partial charge >= 0.3 is 0 Å². The van der Waals surface area contributed by atoms with E-state index in [4.69, 9.17) is 23.2 Å². The summed E-state index contributed by atoms with van der Waals surface area (Å²) in [5.74, 6) is -0.197. The second kappa shape index (κ2) is 9.34. The number of carbonyl (C=O) groups is 1. The van der Waals surface area contributed by atoms with Gasteiger partial charge in [0.05, 0.1) is 17.3 Å². The van der Waals surface area contributed by atoms with Gasteiger partial charge in [-0.25, -0.2) is 13.4 Å². The van der Waals surface area contributed by atoms with Crippen molar-refractivity contribution in [3.63, 3.8) is 0 Å². The van der Waals surface area contributed by atoms with E-state index < -0.39 is 15.9 Å². The maximum atomic E-state index is 13.1. The quantitative estimate of drug-likeness (QED) is 0.645. The smallest absolute Gasteiger partial charge is 0.245 e. The Morgan fingerprint density at radius 2 is 2.04 bits per heavy atom. The van der Waals surface area contributed by atoms with E-state index in [1.807, 2.05) is 20.8 Å². The molecule has 27 heavy (non-hydrogen) atoms. The zero-order valence-electron chi connectivity index (χ0n) is 15.2. The standard InChI is InChI=1S/C17H21Cl2N3O3S2/c1-11(2)6-7-22(9-16(23)21-17-20-12(3)10-26-17)27(24,25)15-8-13(18)4-5-14(15)19/h4-5,8,10-11H,6-7,9H2,1-3H3,(H,20,21,23). The van der Waals surface area contributed by atoms with Crippen LogP contribution in [0.15, 0.2) is 28.5 Å². The van der Waals surface area contributed by atoms with E-state index in [1.165, 1.54) is 29.5 Å². The van der Waals surface area contributed by atoms with Gasteiger partial charge in [-0.05, 0) is 37.5 Å². The normalized spacial score (nSPS) is 12.0. The number of hydrogen-bond donors (Lipinski definition) is 1. The molecule has 0 aliphatic heterocycles. The van der Waals surface area contributed by atoms with Gasteiger partial charge in [-0.2, -0.15) is 4.31 Å². The largest absolute Gasteiger partial charge is 0.301 e. The molecule has 148 valence electrons. The van der Waals surface area contributed by atoms with Gasteiger partial charge in [0, 0.05) is 16.9 Å². The highest BCUT2D eigenvalue weighted by molar-refractivity contribution is 7.89. The Morgan fingerprint density at radius 1 is 1.33 bits per heavy atom. The molecule has 0 bridgehead atoms. The lowest BCUT2D eigenvalue weighted by Crippen LogP contribution is -2.39. The van der Waals surface area contributed by atoms with Crippen LogP contribution in [0.2, 0.25) is 10.0 Å². The topological polar surface area (TPSA) is 79.4 Å². The number of carbonyl (C=O) groups excluding carboxylic acids is 1. The highest BCUT2D eigenvalue weighted by Crippen LogP contribution is 2.28. The van der Waals surface area contributed by atoms with E-state index in [2.05, 4.69) is 10.3 Å². The first-order valence-corrected chi connectivity index (χ1v) is 11.3. The molecule has 1 amide bonds. The fourth-order valence-electron chi connectivity index (χ4n) is 2.23. The lowest BCUT2D eigenvalue weighted by molar-refractivity contribution is -0.116. The van der Waals surface area contributed by atoms with Crippen molar-refractivity contribution in [2.24, 2.45) is 5.92 Å². The number of aryl methyl sites for hydroxylation is 1. The van der Waals surface area contributed by atoms with Crippen LogP contribution in [0.25, 0.3) is 0 Å². The molecule has 2 aromatic rings. The molecule has 1 aromatic carbocycles. The summed E-state index contributed by atoms with van der Waals surface area (Å²) in [7, 11) is -3.99. The zero-order valence-corrected chi connectivity index (χ0v) is 18.3. The molecule has 0 unspecified atom stereocenters. The maximum Gasteiger partial charge on any atom is 0.245 e. The minimum absolute atomic E-state index is 0.0601. The Hall–Kier alpha value is -1.19. The molecule has 10 heteroatoms. The summed E-state index contributed by atoms with van der Waals surface area (Å²) in [5.41, 5.74) is 0.783. The van der Waals surface area contributed by atoms with E-state index in [0.29, 0.717) is 11.6 Å². The van der Waals surface area contributed by atoms with Gasteiger partial charge in [0.15, 0.2) is 5.13 Å². The summed E-state index contributed by atoms with van der Waals surface area (Å²) in [6.45, 7) is 5.63. The molecule has 0 aliphatic rings. The number of hydrogen-bond acceptors (Lipinski definition) is 5. The molecule has 0 atom stereocenters. The molecule has 0 radical (unpaired) electrons.